The third kappa shape index (κ3) is 2.66. The Bertz CT molecular complexity index is 321. The molecule has 1 aliphatic rings. The predicted molar refractivity (Wildman–Crippen MR) is 63.5 cm³/mol. The third-order valence-electron chi connectivity index (χ3n) is 3.15. The van der Waals surface area contributed by atoms with E-state index in [1.54, 1.807) is 6.26 Å². The van der Waals surface area contributed by atoms with E-state index in [0.717, 1.165) is 25.3 Å². The zero-order valence-electron chi connectivity index (χ0n) is 10.2. The van der Waals surface area contributed by atoms with Gasteiger partial charge in [0, 0.05) is 31.2 Å². The van der Waals surface area contributed by atoms with Gasteiger partial charge in [0.2, 0.25) is 0 Å². The second-order valence-corrected chi connectivity index (χ2v) is 4.42. The van der Waals surface area contributed by atoms with Gasteiger partial charge in [-0.3, -0.25) is 0 Å². The van der Waals surface area contributed by atoms with Gasteiger partial charge in [-0.25, -0.2) is 0 Å². The Balaban J connectivity index is 1.88. The number of rotatable bonds is 5. The average Bonchev–Trinajstić information content (AvgIpc) is 2.75. The second kappa shape index (κ2) is 5.51. The average molecular weight is 223 g/mol. The molecule has 0 aromatic carbocycles. The molecular formula is C13H21NO2. The molecule has 3 heteroatoms. The molecule has 2 atom stereocenters. The summed E-state index contributed by atoms with van der Waals surface area (Å²) in [7, 11) is 0. The molecule has 0 fully saturated rings. The van der Waals surface area contributed by atoms with Crippen molar-refractivity contribution in [3.63, 3.8) is 0 Å². The maximum atomic E-state index is 5.52. The van der Waals surface area contributed by atoms with Crippen molar-refractivity contribution >= 4 is 0 Å². The Morgan fingerprint density at radius 3 is 3.31 bits per heavy atom. The lowest BCUT2D eigenvalue weighted by molar-refractivity contribution is 0.0733. The quantitative estimate of drug-likeness (QED) is 0.833. The Kier molecular flexibility index (Phi) is 4.02. The molecular weight excluding hydrogens is 202 g/mol. The Labute approximate surface area is 97.2 Å². The van der Waals surface area contributed by atoms with Crippen LogP contribution < -0.4 is 5.32 Å². The van der Waals surface area contributed by atoms with Crippen molar-refractivity contribution in [1.29, 1.82) is 0 Å². The number of nitrogens with one attached hydrogen (secondary N) is 1. The molecule has 0 bridgehead atoms. The van der Waals surface area contributed by atoms with E-state index >= 15 is 0 Å². The molecule has 0 aliphatic heterocycles. The SMILES string of the molecule is CCOC(C)CNC1CCCc2occc21. The van der Waals surface area contributed by atoms with Crippen molar-refractivity contribution in [1.82, 2.24) is 5.32 Å². The van der Waals surface area contributed by atoms with Crippen LogP contribution in [0.4, 0.5) is 0 Å². The van der Waals surface area contributed by atoms with E-state index in [9.17, 15) is 0 Å². The standard InChI is InChI=1S/C13H21NO2/c1-3-15-10(2)9-14-12-5-4-6-13-11(12)7-8-16-13/h7-8,10,12,14H,3-6,9H2,1-2H3. The van der Waals surface area contributed by atoms with Crippen LogP contribution in [0.2, 0.25) is 0 Å². The van der Waals surface area contributed by atoms with Crippen LogP contribution in [-0.2, 0) is 11.2 Å². The smallest absolute Gasteiger partial charge is 0.108 e. The number of aryl methyl sites for hydroxylation is 1. The first-order valence-corrected chi connectivity index (χ1v) is 6.22. The van der Waals surface area contributed by atoms with Crippen LogP contribution in [0.5, 0.6) is 0 Å². The number of hydrogen-bond acceptors (Lipinski definition) is 3. The van der Waals surface area contributed by atoms with Gasteiger partial charge in [0.25, 0.3) is 0 Å². The fourth-order valence-electron chi connectivity index (χ4n) is 2.35. The number of hydrogen-bond donors (Lipinski definition) is 1. The largest absolute Gasteiger partial charge is 0.469 e. The minimum absolute atomic E-state index is 0.280. The predicted octanol–water partition coefficient (Wildman–Crippen LogP) is 2.67. The molecule has 90 valence electrons. The summed E-state index contributed by atoms with van der Waals surface area (Å²) in [4.78, 5) is 0. The third-order valence-corrected chi connectivity index (χ3v) is 3.15. The van der Waals surface area contributed by atoms with E-state index in [-0.39, 0.29) is 6.10 Å². The van der Waals surface area contributed by atoms with Gasteiger partial charge in [0.15, 0.2) is 0 Å². The van der Waals surface area contributed by atoms with E-state index < -0.39 is 0 Å². The van der Waals surface area contributed by atoms with Gasteiger partial charge in [-0.1, -0.05) is 0 Å². The van der Waals surface area contributed by atoms with E-state index in [1.807, 2.05) is 6.92 Å². The van der Waals surface area contributed by atoms with Crippen LogP contribution in [0.25, 0.3) is 0 Å². The van der Waals surface area contributed by atoms with Crippen LogP contribution >= 0.6 is 0 Å². The zero-order valence-corrected chi connectivity index (χ0v) is 10.2. The first-order chi connectivity index (χ1) is 7.81. The lowest BCUT2D eigenvalue weighted by Gasteiger charge is -2.24. The van der Waals surface area contributed by atoms with Crippen molar-refractivity contribution in [3.05, 3.63) is 23.7 Å². The van der Waals surface area contributed by atoms with Crippen molar-refractivity contribution < 1.29 is 9.15 Å². The Morgan fingerprint density at radius 2 is 2.50 bits per heavy atom. The summed E-state index contributed by atoms with van der Waals surface area (Å²) in [6, 6.07) is 2.54. The van der Waals surface area contributed by atoms with E-state index in [0.29, 0.717) is 6.04 Å². The van der Waals surface area contributed by atoms with Crippen LogP contribution in [0, 0.1) is 0 Å². The molecule has 0 saturated heterocycles. The second-order valence-electron chi connectivity index (χ2n) is 4.42. The van der Waals surface area contributed by atoms with Gasteiger partial charge in [-0.15, -0.1) is 0 Å². The molecule has 2 unspecified atom stereocenters. The summed E-state index contributed by atoms with van der Waals surface area (Å²) in [5.41, 5.74) is 1.34. The van der Waals surface area contributed by atoms with E-state index in [2.05, 4.69) is 18.3 Å². The fraction of sp³-hybridized carbons (Fsp3) is 0.692. The summed E-state index contributed by atoms with van der Waals surface area (Å²) in [5.74, 6) is 1.16. The maximum Gasteiger partial charge on any atom is 0.108 e. The minimum Gasteiger partial charge on any atom is -0.469 e. The number of furan rings is 1. The molecule has 0 amide bonds. The monoisotopic (exact) mass is 223 g/mol. The van der Waals surface area contributed by atoms with Crippen molar-refractivity contribution in [2.24, 2.45) is 0 Å². The van der Waals surface area contributed by atoms with Crippen LogP contribution in [0.15, 0.2) is 16.7 Å². The molecule has 0 radical (unpaired) electrons. The first kappa shape index (κ1) is 11.7. The molecule has 1 heterocycles. The molecule has 3 nitrogen and oxygen atoms in total. The van der Waals surface area contributed by atoms with Crippen molar-refractivity contribution in [2.75, 3.05) is 13.2 Å². The highest BCUT2D eigenvalue weighted by Gasteiger charge is 2.22. The summed E-state index contributed by atoms with van der Waals surface area (Å²) in [6.07, 6.45) is 5.58. The lowest BCUT2D eigenvalue weighted by Crippen LogP contribution is -2.31. The molecule has 0 spiro atoms. The Morgan fingerprint density at radius 1 is 1.62 bits per heavy atom. The summed E-state index contributed by atoms with van der Waals surface area (Å²) >= 11 is 0. The highest BCUT2D eigenvalue weighted by atomic mass is 16.5. The van der Waals surface area contributed by atoms with E-state index in [1.165, 1.54) is 18.4 Å². The number of ether oxygens (including phenoxy) is 1. The molecule has 1 aromatic rings. The molecule has 1 aliphatic carbocycles. The van der Waals surface area contributed by atoms with E-state index in [4.69, 9.17) is 9.15 Å². The van der Waals surface area contributed by atoms with Gasteiger partial charge >= 0.3 is 0 Å². The summed E-state index contributed by atoms with van der Waals surface area (Å²) < 4.78 is 11.0. The van der Waals surface area contributed by atoms with Crippen LogP contribution in [0.3, 0.4) is 0 Å². The fourth-order valence-corrected chi connectivity index (χ4v) is 2.35. The molecule has 2 rings (SSSR count). The van der Waals surface area contributed by atoms with Crippen molar-refractivity contribution in [3.8, 4) is 0 Å². The van der Waals surface area contributed by atoms with Gasteiger partial charge in [-0.2, -0.15) is 0 Å². The van der Waals surface area contributed by atoms with Crippen molar-refractivity contribution in [2.45, 2.75) is 45.3 Å². The Hall–Kier alpha value is -0.800. The normalized spacial score (nSPS) is 21.8. The van der Waals surface area contributed by atoms with Crippen LogP contribution in [0.1, 0.15) is 44.1 Å². The van der Waals surface area contributed by atoms with Crippen LogP contribution in [-0.4, -0.2) is 19.3 Å². The summed E-state index contributed by atoms with van der Waals surface area (Å²) in [5, 5.41) is 3.56. The van der Waals surface area contributed by atoms with Gasteiger partial charge in [0.05, 0.1) is 12.4 Å². The topological polar surface area (TPSA) is 34.4 Å². The summed E-state index contributed by atoms with van der Waals surface area (Å²) in [6.45, 7) is 5.83. The highest BCUT2D eigenvalue weighted by molar-refractivity contribution is 5.23. The number of fused-ring (bicyclic) bond motifs is 1. The lowest BCUT2D eigenvalue weighted by atomic mass is 9.93. The van der Waals surface area contributed by atoms with Gasteiger partial charge in [-0.05, 0) is 32.8 Å². The highest BCUT2D eigenvalue weighted by Crippen LogP contribution is 2.30. The molecule has 1 N–H and O–H groups in total. The molecule has 16 heavy (non-hydrogen) atoms. The first-order valence-electron chi connectivity index (χ1n) is 6.22. The minimum atomic E-state index is 0.280. The zero-order chi connectivity index (χ0) is 11.4. The van der Waals surface area contributed by atoms with Gasteiger partial charge < -0.3 is 14.5 Å². The van der Waals surface area contributed by atoms with Gasteiger partial charge in [0.1, 0.15) is 5.76 Å². The molecule has 0 saturated carbocycles. The molecule has 1 aromatic heterocycles. The maximum absolute atomic E-state index is 5.52.